The summed E-state index contributed by atoms with van der Waals surface area (Å²) in [4.78, 5) is 15.9. The predicted octanol–water partition coefficient (Wildman–Crippen LogP) is 4.40. The molecule has 122 valence electrons. The predicted molar refractivity (Wildman–Crippen MR) is 96.0 cm³/mol. The normalized spacial score (nSPS) is 11.8. The fourth-order valence-electron chi connectivity index (χ4n) is 2.38. The van der Waals surface area contributed by atoms with Crippen LogP contribution >= 0.6 is 11.8 Å². The minimum atomic E-state index is -0.232. The van der Waals surface area contributed by atoms with E-state index in [9.17, 15) is 4.79 Å². The van der Waals surface area contributed by atoms with Crippen molar-refractivity contribution in [3.8, 4) is 5.75 Å². The molecule has 1 amide bonds. The molecule has 0 bridgehead atoms. The summed E-state index contributed by atoms with van der Waals surface area (Å²) in [5, 5.41) is -0.232. The molecule has 0 fully saturated rings. The van der Waals surface area contributed by atoms with Crippen molar-refractivity contribution in [3.63, 3.8) is 0 Å². The lowest BCUT2D eigenvalue weighted by molar-refractivity contribution is -0.130. The summed E-state index contributed by atoms with van der Waals surface area (Å²) in [5.74, 6) is 0.975. The second-order valence-electron chi connectivity index (χ2n) is 5.09. The molecule has 3 nitrogen and oxygen atoms in total. The third kappa shape index (κ3) is 4.52. The number of likely N-dealkylation sites (N-methyl/N-ethyl adjacent to an activating group) is 1. The average Bonchev–Trinajstić information content (AvgIpc) is 2.62. The lowest BCUT2D eigenvalue weighted by Gasteiger charge is -2.25. The molecule has 1 atom stereocenters. The van der Waals surface area contributed by atoms with E-state index >= 15 is 0 Å². The molecule has 2 aromatic carbocycles. The summed E-state index contributed by atoms with van der Waals surface area (Å²) in [6, 6.07) is 17.8. The van der Waals surface area contributed by atoms with Gasteiger partial charge in [0.1, 0.15) is 11.0 Å². The van der Waals surface area contributed by atoms with Crippen LogP contribution in [-0.4, -0.2) is 31.0 Å². The number of ether oxygens (including phenoxy) is 1. The van der Waals surface area contributed by atoms with Gasteiger partial charge in [0.05, 0.1) is 7.11 Å². The van der Waals surface area contributed by atoms with Gasteiger partial charge in [-0.15, -0.1) is 11.8 Å². The first-order valence-electron chi connectivity index (χ1n) is 7.84. The van der Waals surface area contributed by atoms with E-state index in [1.807, 2.05) is 73.3 Å². The first-order valence-corrected chi connectivity index (χ1v) is 8.72. The van der Waals surface area contributed by atoms with Gasteiger partial charge in [0.2, 0.25) is 5.91 Å². The quantitative estimate of drug-likeness (QED) is 0.705. The molecule has 4 heteroatoms. The summed E-state index contributed by atoms with van der Waals surface area (Å²) in [7, 11) is 1.65. The zero-order chi connectivity index (χ0) is 16.7. The van der Waals surface area contributed by atoms with Crippen molar-refractivity contribution in [1.29, 1.82) is 0 Å². The Balaban J connectivity index is 2.27. The fourth-order valence-corrected chi connectivity index (χ4v) is 3.49. The first kappa shape index (κ1) is 17.4. The number of nitrogens with zero attached hydrogens (tertiary/aromatic N) is 1. The number of hydrogen-bond donors (Lipinski definition) is 0. The minimum Gasteiger partial charge on any atom is -0.497 e. The Labute approximate surface area is 142 Å². The number of rotatable bonds is 7. The van der Waals surface area contributed by atoms with Crippen molar-refractivity contribution >= 4 is 17.7 Å². The lowest BCUT2D eigenvalue weighted by atomic mass is 10.1. The Kier molecular flexibility index (Phi) is 6.53. The standard InChI is InChI=1S/C19H23NO2S/c1-4-20(5-2)19(21)18(15-9-7-6-8-10-15)23-17-13-11-16(22-3)12-14-17/h6-14,18H,4-5H2,1-3H3. The van der Waals surface area contributed by atoms with Crippen LogP contribution < -0.4 is 4.74 Å². The molecule has 0 heterocycles. The van der Waals surface area contributed by atoms with E-state index in [-0.39, 0.29) is 11.2 Å². The molecule has 0 saturated carbocycles. The van der Waals surface area contributed by atoms with Crippen molar-refractivity contribution in [2.45, 2.75) is 24.0 Å². The van der Waals surface area contributed by atoms with E-state index in [4.69, 9.17) is 4.74 Å². The number of thioether (sulfide) groups is 1. The summed E-state index contributed by atoms with van der Waals surface area (Å²) >= 11 is 1.58. The summed E-state index contributed by atoms with van der Waals surface area (Å²) in [5.41, 5.74) is 1.03. The minimum absolute atomic E-state index is 0.155. The SMILES string of the molecule is CCN(CC)C(=O)C(Sc1ccc(OC)cc1)c1ccccc1. The van der Waals surface area contributed by atoms with Crippen molar-refractivity contribution in [2.24, 2.45) is 0 Å². The second kappa shape index (κ2) is 8.63. The highest BCUT2D eigenvalue weighted by molar-refractivity contribution is 8.00. The molecule has 0 aromatic heterocycles. The van der Waals surface area contributed by atoms with E-state index in [0.29, 0.717) is 0 Å². The van der Waals surface area contributed by atoms with Gasteiger partial charge in [0.15, 0.2) is 0 Å². The topological polar surface area (TPSA) is 29.5 Å². The number of benzene rings is 2. The van der Waals surface area contributed by atoms with Crippen LogP contribution in [0.4, 0.5) is 0 Å². The summed E-state index contributed by atoms with van der Waals surface area (Å²) in [6.45, 7) is 5.48. The number of carbonyl (C=O) groups excluding carboxylic acids is 1. The number of amides is 1. The number of hydrogen-bond acceptors (Lipinski definition) is 3. The van der Waals surface area contributed by atoms with Gasteiger partial charge in [-0.1, -0.05) is 30.3 Å². The number of methoxy groups -OCH3 is 1. The molecule has 0 saturated heterocycles. The van der Waals surface area contributed by atoms with Crippen LogP contribution in [0.15, 0.2) is 59.5 Å². The molecule has 0 aliphatic heterocycles. The van der Waals surface area contributed by atoms with E-state index in [1.54, 1.807) is 18.9 Å². The van der Waals surface area contributed by atoms with E-state index in [2.05, 4.69) is 0 Å². The van der Waals surface area contributed by atoms with E-state index < -0.39 is 0 Å². The molecule has 0 spiro atoms. The fraction of sp³-hybridized carbons (Fsp3) is 0.316. The highest BCUT2D eigenvalue weighted by Crippen LogP contribution is 2.37. The van der Waals surface area contributed by atoms with E-state index in [1.165, 1.54) is 0 Å². The molecule has 2 rings (SSSR count). The van der Waals surface area contributed by atoms with Crippen LogP contribution in [0.1, 0.15) is 24.7 Å². The van der Waals surface area contributed by atoms with Gasteiger partial charge in [0, 0.05) is 18.0 Å². The van der Waals surface area contributed by atoms with Crippen molar-refractivity contribution < 1.29 is 9.53 Å². The molecule has 0 aliphatic rings. The van der Waals surface area contributed by atoms with Gasteiger partial charge in [-0.05, 0) is 43.7 Å². The highest BCUT2D eigenvalue weighted by atomic mass is 32.2. The van der Waals surface area contributed by atoms with Crippen LogP contribution in [0.3, 0.4) is 0 Å². The highest BCUT2D eigenvalue weighted by Gasteiger charge is 2.25. The molecule has 0 radical (unpaired) electrons. The van der Waals surface area contributed by atoms with Crippen LogP contribution in [0.5, 0.6) is 5.75 Å². The van der Waals surface area contributed by atoms with Gasteiger partial charge < -0.3 is 9.64 Å². The molecule has 1 unspecified atom stereocenters. The van der Waals surface area contributed by atoms with Crippen molar-refractivity contribution in [3.05, 3.63) is 60.2 Å². The molecule has 0 aliphatic carbocycles. The van der Waals surface area contributed by atoms with Crippen LogP contribution in [0.25, 0.3) is 0 Å². The second-order valence-corrected chi connectivity index (χ2v) is 6.27. The Hall–Kier alpha value is -1.94. The monoisotopic (exact) mass is 329 g/mol. The Morgan fingerprint density at radius 3 is 2.17 bits per heavy atom. The molecule has 0 N–H and O–H groups in total. The van der Waals surface area contributed by atoms with Crippen molar-refractivity contribution in [1.82, 2.24) is 4.90 Å². The maximum atomic E-state index is 12.9. The third-order valence-corrected chi connectivity index (χ3v) is 4.97. The largest absolute Gasteiger partial charge is 0.497 e. The van der Waals surface area contributed by atoms with Gasteiger partial charge in [-0.25, -0.2) is 0 Å². The smallest absolute Gasteiger partial charge is 0.240 e. The number of carbonyl (C=O) groups is 1. The Morgan fingerprint density at radius 2 is 1.65 bits per heavy atom. The summed E-state index contributed by atoms with van der Waals surface area (Å²) in [6.07, 6.45) is 0. The molecule has 23 heavy (non-hydrogen) atoms. The maximum absolute atomic E-state index is 12.9. The van der Waals surface area contributed by atoms with Crippen molar-refractivity contribution in [2.75, 3.05) is 20.2 Å². The van der Waals surface area contributed by atoms with Gasteiger partial charge >= 0.3 is 0 Å². The molecule has 2 aromatic rings. The van der Waals surface area contributed by atoms with Crippen LogP contribution in [0.2, 0.25) is 0 Å². The van der Waals surface area contributed by atoms with E-state index in [0.717, 1.165) is 29.3 Å². The van der Waals surface area contributed by atoms with Crippen LogP contribution in [-0.2, 0) is 4.79 Å². The zero-order valence-electron chi connectivity index (χ0n) is 13.9. The summed E-state index contributed by atoms with van der Waals surface area (Å²) < 4.78 is 5.19. The van der Waals surface area contributed by atoms with Gasteiger partial charge in [0.25, 0.3) is 0 Å². The lowest BCUT2D eigenvalue weighted by Crippen LogP contribution is -2.33. The first-order chi connectivity index (χ1) is 11.2. The Bertz CT molecular complexity index is 609. The average molecular weight is 329 g/mol. The third-order valence-electron chi connectivity index (χ3n) is 3.72. The Morgan fingerprint density at radius 1 is 1.04 bits per heavy atom. The van der Waals surface area contributed by atoms with Gasteiger partial charge in [-0.2, -0.15) is 0 Å². The molecular weight excluding hydrogens is 306 g/mol. The van der Waals surface area contributed by atoms with Crippen LogP contribution in [0, 0.1) is 0 Å². The van der Waals surface area contributed by atoms with Gasteiger partial charge in [-0.3, -0.25) is 4.79 Å². The zero-order valence-corrected chi connectivity index (χ0v) is 14.7. The molecular formula is C19H23NO2S. The maximum Gasteiger partial charge on any atom is 0.240 e.